The number of amides is 2. The standard InChI is InChI=1S/C12H24N2O4/c1-5-10(8-11(15)16)13-12(17)14(4)6-7-18-9(2)3/h9-10H,5-8H2,1-4H3,(H,13,17)(H,15,16). The Morgan fingerprint density at radius 2 is 2.00 bits per heavy atom. The second kappa shape index (κ2) is 8.74. The van der Waals surface area contributed by atoms with Gasteiger partial charge in [-0.2, -0.15) is 0 Å². The predicted molar refractivity (Wildman–Crippen MR) is 68.6 cm³/mol. The van der Waals surface area contributed by atoms with Crippen LogP contribution in [0, 0.1) is 0 Å². The van der Waals surface area contributed by atoms with Crippen LogP contribution in [0.4, 0.5) is 4.79 Å². The fourth-order valence-corrected chi connectivity index (χ4v) is 1.32. The van der Waals surface area contributed by atoms with Crippen LogP contribution in [0.25, 0.3) is 0 Å². The third kappa shape index (κ3) is 7.89. The molecule has 0 bridgehead atoms. The van der Waals surface area contributed by atoms with Gasteiger partial charge in [-0.1, -0.05) is 6.92 Å². The van der Waals surface area contributed by atoms with Crippen molar-refractivity contribution in [1.82, 2.24) is 10.2 Å². The van der Waals surface area contributed by atoms with Gasteiger partial charge in [0, 0.05) is 19.6 Å². The lowest BCUT2D eigenvalue weighted by molar-refractivity contribution is -0.137. The van der Waals surface area contributed by atoms with Gasteiger partial charge in [-0.05, 0) is 20.3 Å². The molecule has 0 aliphatic heterocycles. The van der Waals surface area contributed by atoms with Crippen molar-refractivity contribution in [3.63, 3.8) is 0 Å². The molecule has 0 aliphatic carbocycles. The van der Waals surface area contributed by atoms with Gasteiger partial charge in [0.2, 0.25) is 0 Å². The highest BCUT2D eigenvalue weighted by molar-refractivity contribution is 5.75. The maximum atomic E-state index is 11.7. The number of likely N-dealkylation sites (N-methyl/N-ethyl adjacent to an activating group) is 1. The van der Waals surface area contributed by atoms with Crippen molar-refractivity contribution in [3.05, 3.63) is 0 Å². The number of urea groups is 1. The summed E-state index contributed by atoms with van der Waals surface area (Å²) in [4.78, 5) is 23.8. The molecule has 0 fully saturated rings. The lowest BCUT2D eigenvalue weighted by Crippen LogP contribution is -2.44. The minimum absolute atomic E-state index is 0.0570. The van der Waals surface area contributed by atoms with Gasteiger partial charge in [-0.25, -0.2) is 4.79 Å². The van der Waals surface area contributed by atoms with Crippen LogP contribution in [0.15, 0.2) is 0 Å². The van der Waals surface area contributed by atoms with E-state index in [1.54, 1.807) is 7.05 Å². The molecule has 0 spiro atoms. The van der Waals surface area contributed by atoms with Gasteiger partial charge in [0.1, 0.15) is 0 Å². The molecule has 2 N–H and O–H groups in total. The molecule has 18 heavy (non-hydrogen) atoms. The number of carbonyl (C=O) groups is 2. The average Bonchev–Trinajstić information content (AvgIpc) is 2.26. The summed E-state index contributed by atoms with van der Waals surface area (Å²) >= 11 is 0. The smallest absolute Gasteiger partial charge is 0.317 e. The minimum Gasteiger partial charge on any atom is -0.481 e. The number of aliphatic carboxylic acids is 1. The van der Waals surface area contributed by atoms with Crippen LogP contribution in [-0.4, -0.2) is 54.4 Å². The third-order valence-electron chi connectivity index (χ3n) is 2.47. The Balaban J connectivity index is 4.01. The number of hydrogen-bond acceptors (Lipinski definition) is 3. The van der Waals surface area contributed by atoms with Crippen LogP contribution < -0.4 is 5.32 Å². The maximum absolute atomic E-state index is 11.7. The largest absolute Gasteiger partial charge is 0.481 e. The number of carboxylic acids is 1. The van der Waals surface area contributed by atoms with Crippen LogP contribution in [0.1, 0.15) is 33.6 Å². The average molecular weight is 260 g/mol. The summed E-state index contributed by atoms with van der Waals surface area (Å²) in [7, 11) is 1.66. The number of rotatable bonds is 8. The first-order chi connectivity index (χ1) is 8.36. The molecule has 0 aromatic carbocycles. The third-order valence-corrected chi connectivity index (χ3v) is 2.47. The number of nitrogens with zero attached hydrogens (tertiary/aromatic N) is 1. The van der Waals surface area contributed by atoms with Crippen molar-refractivity contribution in [2.75, 3.05) is 20.2 Å². The topological polar surface area (TPSA) is 78.9 Å². The zero-order valence-corrected chi connectivity index (χ0v) is 11.6. The van der Waals surface area contributed by atoms with Gasteiger partial charge in [-0.3, -0.25) is 4.79 Å². The zero-order chi connectivity index (χ0) is 14.1. The van der Waals surface area contributed by atoms with Crippen molar-refractivity contribution in [2.45, 2.75) is 45.8 Å². The highest BCUT2D eigenvalue weighted by Gasteiger charge is 2.16. The zero-order valence-electron chi connectivity index (χ0n) is 11.6. The van der Waals surface area contributed by atoms with Gasteiger partial charge in [0.05, 0.1) is 19.1 Å². The maximum Gasteiger partial charge on any atom is 0.317 e. The molecule has 1 atom stereocenters. The molecule has 6 nitrogen and oxygen atoms in total. The van der Waals surface area contributed by atoms with Crippen LogP contribution >= 0.6 is 0 Å². The molecule has 2 amide bonds. The van der Waals surface area contributed by atoms with E-state index in [4.69, 9.17) is 9.84 Å². The Kier molecular flexibility index (Phi) is 8.11. The summed E-state index contributed by atoms with van der Waals surface area (Å²) in [5, 5.41) is 11.4. The van der Waals surface area contributed by atoms with Gasteiger partial charge < -0.3 is 20.1 Å². The summed E-state index contributed by atoms with van der Waals surface area (Å²) in [5.41, 5.74) is 0. The number of carbonyl (C=O) groups excluding carboxylic acids is 1. The van der Waals surface area contributed by atoms with E-state index in [0.29, 0.717) is 19.6 Å². The molecule has 0 aliphatic rings. The van der Waals surface area contributed by atoms with E-state index in [1.807, 2.05) is 20.8 Å². The lowest BCUT2D eigenvalue weighted by atomic mass is 10.1. The van der Waals surface area contributed by atoms with E-state index in [1.165, 1.54) is 4.90 Å². The SMILES string of the molecule is CCC(CC(=O)O)NC(=O)N(C)CCOC(C)C. The fraction of sp³-hybridized carbons (Fsp3) is 0.833. The van der Waals surface area contributed by atoms with Gasteiger partial charge in [-0.15, -0.1) is 0 Å². The molecule has 0 saturated heterocycles. The lowest BCUT2D eigenvalue weighted by Gasteiger charge is -2.22. The summed E-state index contributed by atoms with van der Waals surface area (Å²) in [5.74, 6) is -0.909. The van der Waals surface area contributed by atoms with Gasteiger partial charge in [0.25, 0.3) is 0 Å². The monoisotopic (exact) mass is 260 g/mol. The van der Waals surface area contributed by atoms with Gasteiger partial charge in [0.15, 0.2) is 0 Å². The molecule has 6 heteroatoms. The fourth-order valence-electron chi connectivity index (χ4n) is 1.32. The Hall–Kier alpha value is -1.30. The van der Waals surface area contributed by atoms with E-state index in [2.05, 4.69) is 5.32 Å². The molecule has 0 aromatic heterocycles. The first kappa shape index (κ1) is 16.7. The summed E-state index contributed by atoms with van der Waals surface area (Å²) in [6, 6.07) is -0.598. The molecular formula is C12H24N2O4. The highest BCUT2D eigenvalue weighted by Crippen LogP contribution is 1.99. The molecule has 0 aromatic rings. The minimum atomic E-state index is -0.909. The Labute approximate surface area is 108 Å². The number of hydrogen-bond donors (Lipinski definition) is 2. The Morgan fingerprint density at radius 1 is 1.39 bits per heavy atom. The molecule has 0 saturated carbocycles. The summed E-state index contributed by atoms with van der Waals surface area (Å²) in [6.45, 7) is 6.65. The van der Waals surface area contributed by atoms with Crippen molar-refractivity contribution in [2.24, 2.45) is 0 Å². The predicted octanol–water partition coefficient (Wildman–Crippen LogP) is 1.31. The van der Waals surface area contributed by atoms with Crippen LogP contribution in [0.2, 0.25) is 0 Å². The molecule has 106 valence electrons. The van der Waals surface area contributed by atoms with Crippen molar-refractivity contribution in [3.8, 4) is 0 Å². The summed E-state index contributed by atoms with van der Waals surface area (Å²) < 4.78 is 5.34. The normalized spacial score (nSPS) is 12.3. The van der Waals surface area contributed by atoms with E-state index < -0.39 is 5.97 Å². The highest BCUT2D eigenvalue weighted by atomic mass is 16.5. The first-order valence-corrected chi connectivity index (χ1v) is 6.21. The number of nitrogens with one attached hydrogen (secondary N) is 1. The number of carboxylic acid groups (broad SMARTS) is 1. The summed E-state index contributed by atoms with van der Waals surface area (Å²) in [6.07, 6.45) is 0.671. The number of ether oxygens (including phenoxy) is 1. The van der Waals surface area contributed by atoms with Crippen LogP contribution in [0.5, 0.6) is 0 Å². The molecule has 0 heterocycles. The second-order valence-corrected chi connectivity index (χ2v) is 4.49. The van der Waals surface area contributed by atoms with Gasteiger partial charge >= 0.3 is 12.0 Å². The van der Waals surface area contributed by atoms with E-state index >= 15 is 0 Å². The Bertz CT molecular complexity index is 269. The molecular weight excluding hydrogens is 236 g/mol. The molecule has 0 rings (SSSR count). The van der Waals surface area contributed by atoms with Crippen molar-refractivity contribution < 1.29 is 19.4 Å². The quantitative estimate of drug-likeness (QED) is 0.689. The van der Waals surface area contributed by atoms with Crippen molar-refractivity contribution in [1.29, 1.82) is 0 Å². The van der Waals surface area contributed by atoms with E-state index in [-0.39, 0.29) is 24.6 Å². The molecule has 1 unspecified atom stereocenters. The van der Waals surface area contributed by atoms with E-state index in [9.17, 15) is 9.59 Å². The van der Waals surface area contributed by atoms with E-state index in [0.717, 1.165) is 0 Å². The van der Waals surface area contributed by atoms with Crippen LogP contribution in [0.3, 0.4) is 0 Å². The Morgan fingerprint density at radius 3 is 2.44 bits per heavy atom. The van der Waals surface area contributed by atoms with Crippen molar-refractivity contribution >= 4 is 12.0 Å². The molecule has 0 radical (unpaired) electrons. The van der Waals surface area contributed by atoms with Crippen LogP contribution in [-0.2, 0) is 9.53 Å². The second-order valence-electron chi connectivity index (χ2n) is 4.49. The first-order valence-electron chi connectivity index (χ1n) is 6.21.